The molecule has 1 saturated heterocycles. The second-order valence-electron chi connectivity index (χ2n) is 4.43. The van der Waals surface area contributed by atoms with Crippen LogP contribution in [0.15, 0.2) is 0 Å². The summed E-state index contributed by atoms with van der Waals surface area (Å²) in [6.07, 6.45) is 0.173. The Morgan fingerprint density at radius 3 is 2.72 bits per heavy atom. The van der Waals surface area contributed by atoms with Crippen LogP contribution in [0.3, 0.4) is 0 Å². The van der Waals surface area contributed by atoms with Crippen LogP contribution in [0.4, 0.5) is 0 Å². The number of likely N-dealkylation sites (tertiary alicyclic amines) is 1. The molecule has 0 aromatic rings. The van der Waals surface area contributed by atoms with Crippen LogP contribution < -0.4 is 11.1 Å². The lowest BCUT2D eigenvalue weighted by molar-refractivity contribution is -0.140. The molecular weight excluding hydrogens is 238 g/mol. The molecule has 0 radical (unpaired) electrons. The van der Waals surface area contributed by atoms with Crippen molar-refractivity contribution in [2.24, 2.45) is 5.73 Å². The maximum absolute atomic E-state index is 11.9. The monoisotopic (exact) mass is 257 g/mol. The second kappa shape index (κ2) is 6.46. The molecule has 0 aromatic carbocycles. The third-order valence-corrected chi connectivity index (χ3v) is 2.58. The van der Waals surface area contributed by atoms with Gasteiger partial charge >= 0.3 is 0 Å². The van der Waals surface area contributed by atoms with Gasteiger partial charge in [0.2, 0.25) is 17.7 Å². The van der Waals surface area contributed by atoms with Gasteiger partial charge in [0, 0.05) is 12.6 Å². The highest BCUT2D eigenvalue weighted by molar-refractivity contribution is 6.05. The number of hydrogen-bond acceptors (Lipinski definition) is 5. The van der Waals surface area contributed by atoms with E-state index in [4.69, 9.17) is 10.5 Å². The Labute approximate surface area is 106 Å². The number of amides is 3. The third-order valence-electron chi connectivity index (χ3n) is 2.58. The number of nitrogens with one attached hydrogen (secondary N) is 1. The molecule has 1 atom stereocenters. The zero-order chi connectivity index (χ0) is 13.7. The van der Waals surface area contributed by atoms with E-state index in [1.165, 1.54) is 4.90 Å². The zero-order valence-electron chi connectivity index (χ0n) is 10.6. The average Bonchev–Trinajstić information content (AvgIpc) is 2.53. The molecule has 0 spiro atoms. The fourth-order valence-electron chi connectivity index (χ4n) is 1.83. The summed E-state index contributed by atoms with van der Waals surface area (Å²) in [6.45, 7) is 4.12. The number of nitrogens with zero attached hydrogens (tertiary/aromatic N) is 1. The largest absolute Gasteiger partial charge is 0.370 e. The third kappa shape index (κ3) is 3.78. The molecule has 1 fully saturated rings. The highest BCUT2D eigenvalue weighted by Crippen LogP contribution is 2.15. The molecule has 7 heteroatoms. The zero-order valence-corrected chi connectivity index (χ0v) is 10.6. The van der Waals surface area contributed by atoms with E-state index in [1.807, 2.05) is 0 Å². The predicted molar refractivity (Wildman–Crippen MR) is 63.4 cm³/mol. The summed E-state index contributed by atoms with van der Waals surface area (Å²) >= 11 is 0. The summed E-state index contributed by atoms with van der Waals surface area (Å²) in [6, 6.07) is -0.611. The lowest BCUT2D eigenvalue weighted by Crippen LogP contribution is -2.42. The van der Waals surface area contributed by atoms with Crippen LogP contribution in [0, 0.1) is 0 Å². The molecule has 102 valence electrons. The summed E-state index contributed by atoms with van der Waals surface area (Å²) in [5.74, 6) is -0.899. The van der Waals surface area contributed by atoms with Crippen LogP contribution in [-0.2, 0) is 19.1 Å². The van der Waals surface area contributed by atoms with Gasteiger partial charge in [-0.15, -0.1) is 0 Å². The molecule has 0 aliphatic carbocycles. The minimum Gasteiger partial charge on any atom is -0.370 e. The first-order chi connectivity index (χ1) is 8.43. The lowest BCUT2D eigenvalue weighted by atomic mass is 10.2. The molecule has 0 saturated carbocycles. The number of nitrogens with two attached hydrogens (primary N) is 1. The Hall–Kier alpha value is -1.47. The van der Waals surface area contributed by atoms with Gasteiger partial charge in [-0.05, 0) is 13.8 Å². The molecule has 1 aliphatic heterocycles. The standard InChI is InChI=1S/C11H19N3O4/c1-7(2)14-10(16)5-8(11(14)17)13-3-4-18-6-9(12)15/h7-8,13H,3-6H2,1-2H3,(H2,12,15). The van der Waals surface area contributed by atoms with E-state index >= 15 is 0 Å². The number of hydrogen-bond donors (Lipinski definition) is 2. The van der Waals surface area contributed by atoms with Gasteiger partial charge in [-0.3, -0.25) is 19.3 Å². The topological polar surface area (TPSA) is 102 Å². The van der Waals surface area contributed by atoms with Gasteiger partial charge in [-0.1, -0.05) is 0 Å². The second-order valence-corrected chi connectivity index (χ2v) is 4.43. The first kappa shape index (κ1) is 14.6. The molecule has 3 N–H and O–H groups in total. The molecule has 1 aliphatic rings. The van der Waals surface area contributed by atoms with Gasteiger partial charge < -0.3 is 15.8 Å². The fraction of sp³-hybridized carbons (Fsp3) is 0.727. The van der Waals surface area contributed by atoms with Crippen molar-refractivity contribution in [3.8, 4) is 0 Å². The Bertz CT molecular complexity index is 343. The average molecular weight is 257 g/mol. The summed E-state index contributed by atoms with van der Waals surface area (Å²) in [7, 11) is 0. The molecular formula is C11H19N3O4. The van der Waals surface area contributed by atoms with Crippen LogP contribution in [-0.4, -0.2) is 54.5 Å². The Kier molecular flexibility index (Phi) is 5.24. The van der Waals surface area contributed by atoms with E-state index in [1.54, 1.807) is 13.8 Å². The molecule has 18 heavy (non-hydrogen) atoms. The summed E-state index contributed by atoms with van der Waals surface area (Å²) in [5, 5.41) is 2.93. The number of rotatable bonds is 7. The van der Waals surface area contributed by atoms with Crippen LogP contribution in [0.25, 0.3) is 0 Å². The Morgan fingerprint density at radius 2 is 2.22 bits per heavy atom. The van der Waals surface area contributed by atoms with Gasteiger partial charge in [-0.25, -0.2) is 0 Å². The van der Waals surface area contributed by atoms with Gasteiger partial charge in [0.25, 0.3) is 0 Å². The van der Waals surface area contributed by atoms with Gasteiger partial charge in [0.1, 0.15) is 6.61 Å². The molecule has 1 rings (SSSR count). The van der Waals surface area contributed by atoms with E-state index in [2.05, 4.69) is 5.32 Å². The van der Waals surface area contributed by atoms with Crippen molar-refractivity contribution < 1.29 is 19.1 Å². The molecule has 7 nitrogen and oxygen atoms in total. The normalized spacial score (nSPS) is 19.9. The smallest absolute Gasteiger partial charge is 0.247 e. The number of imide groups is 1. The number of carbonyl (C=O) groups is 3. The first-order valence-corrected chi connectivity index (χ1v) is 5.88. The fourth-order valence-corrected chi connectivity index (χ4v) is 1.83. The quantitative estimate of drug-likeness (QED) is 0.432. The lowest BCUT2D eigenvalue weighted by Gasteiger charge is -2.19. The minimum absolute atomic E-state index is 0.122. The maximum Gasteiger partial charge on any atom is 0.247 e. The van der Waals surface area contributed by atoms with E-state index in [0.29, 0.717) is 6.54 Å². The highest BCUT2D eigenvalue weighted by atomic mass is 16.5. The van der Waals surface area contributed by atoms with Crippen LogP contribution in [0.5, 0.6) is 0 Å². The van der Waals surface area contributed by atoms with Gasteiger partial charge in [0.05, 0.1) is 19.1 Å². The van der Waals surface area contributed by atoms with Crippen molar-refractivity contribution in [1.29, 1.82) is 0 Å². The Morgan fingerprint density at radius 1 is 1.56 bits per heavy atom. The first-order valence-electron chi connectivity index (χ1n) is 5.88. The predicted octanol–water partition coefficient (Wildman–Crippen LogP) is -1.39. The molecule has 3 amide bonds. The van der Waals surface area contributed by atoms with Crippen molar-refractivity contribution in [2.45, 2.75) is 32.4 Å². The van der Waals surface area contributed by atoms with E-state index in [9.17, 15) is 14.4 Å². The summed E-state index contributed by atoms with van der Waals surface area (Å²) < 4.78 is 4.94. The van der Waals surface area contributed by atoms with Crippen LogP contribution in [0.2, 0.25) is 0 Å². The summed E-state index contributed by atoms with van der Waals surface area (Å²) in [5.41, 5.74) is 4.90. The van der Waals surface area contributed by atoms with E-state index in [-0.39, 0.29) is 37.5 Å². The van der Waals surface area contributed by atoms with E-state index in [0.717, 1.165) is 0 Å². The van der Waals surface area contributed by atoms with Crippen LogP contribution in [0.1, 0.15) is 20.3 Å². The molecule has 1 heterocycles. The highest BCUT2D eigenvalue weighted by Gasteiger charge is 2.39. The Balaban J connectivity index is 2.30. The van der Waals surface area contributed by atoms with Gasteiger partial charge in [-0.2, -0.15) is 0 Å². The van der Waals surface area contributed by atoms with Gasteiger partial charge in [0.15, 0.2) is 0 Å². The summed E-state index contributed by atoms with van der Waals surface area (Å²) in [4.78, 5) is 35.1. The van der Waals surface area contributed by atoms with Crippen LogP contribution >= 0.6 is 0 Å². The maximum atomic E-state index is 11.9. The number of primary amides is 1. The van der Waals surface area contributed by atoms with Crippen molar-refractivity contribution in [3.05, 3.63) is 0 Å². The number of carbonyl (C=O) groups excluding carboxylic acids is 3. The van der Waals surface area contributed by atoms with Crippen molar-refractivity contribution in [3.63, 3.8) is 0 Å². The van der Waals surface area contributed by atoms with E-state index < -0.39 is 11.9 Å². The molecule has 1 unspecified atom stereocenters. The number of ether oxygens (including phenoxy) is 1. The molecule has 0 aromatic heterocycles. The minimum atomic E-state index is -0.534. The van der Waals surface area contributed by atoms with Crippen molar-refractivity contribution in [1.82, 2.24) is 10.2 Å². The van der Waals surface area contributed by atoms with Crippen molar-refractivity contribution in [2.75, 3.05) is 19.8 Å². The SMILES string of the molecule is CC(C)N1C(=O)CC(NCCOCC(N)=O)C1=O. The molecule has 0 bridgehead atoms. The van der Waals surface area contributed by atoms with Crippen molar-refractivity contribution >= 4 is 17.7 Å².